The Balaban J connectivity index is 2.03. The van der Waals surface area contributed by atoms with Crippen molar-refractivity contribution in [3.63, 3.8) is 0 Å². The first-order valence-electron chi connectivity index (χ1n) is 6.86. The average molecular weight is 289 g/mol. The molecule has 110 valence electrons. The molecule has 21 heavy (non-hydrogen) atoms. The number of ether oxygens (including phenoxy) is 1. The zero-order valence-electron chi connectivity index (χ0n) is 11.5. The molecule has 1 amide bonds. The summed E-state index contributed by atoms with van der Waals surface area (Å²) >= 11 is 0. The van der Waals surface area contributed by atoms with E-state index in [-0.39, 0.29) is 18.3 Å². The molecule has 0 saturated carbocycles. The fraction of sp³-hybridized carbons (Fsp3) is 0.333. The summed E-state index contributed by atoms with van der Waals surface area (Å²) in [5.74, 6) is -0.708. The smallest absolute Gasteiger partial charge is 0.278 e. The van der Waals surface area contributed by atoms with E-state index < -0.39 is 0 Å². The normalized spacial score (nSPS) is 18.8. The Bertz CT molecular complexity index is 634. The van der Waals surface area contributed by atoms with Gasteiger partial charge in [-0.25, -0.2) is 9.38 Å². The number of nitrogens with zero attached hydrogens (tertiary/aromatic N) is 2. The van der Waals surface area contributed by atoms with Gasteiger partial charge in [-0.3, -0.25) is 4.79 Å². The van der Waals surface area contributed by atoms with Crippen LogP contribution >= 0.6 is 0 Å². The van der Waals surface area contributed by atoms with E-state index in [4.69, 9.17) is 10.5 Å². The van der Waals surface area contributed by atoms with Gasteiger partial charge in [0.25, 0.3) is 5.91 Å². The van der Waals surface area contributed by atoms with Crippen molar-refractivity contribution in [3.8, 4) is 0 Å². The van der Waals surface area contributed by atoms with Crippen LogP contribution in [0, 0.1) is 5.82 Å². The number of nitrogens with two attached hydrogens (primary N) is 1. The fourth-order valence-electron chi connectivity index (χ4n) is 2.59. The Morgan fingerprint density at radius 1 is 1.33 bits per heavy atom. The molecular formula is C15H16FN3O2. The van der Waals surface area contributed by atoms with E-state index in [0.717, 1.165) is 0 Å². The number of carbonyl (C=O) groups excluding carboxylic acids is 1. The van der Waals surface area contributed by atoms with Crippen LogP contribution in [0.3, 0.4) is 0 Å². The summed E-state index contributed by atoms with van der Waals surface area (Å²) in [6, 6.07) is 4.74. The molecule has 0 atom stereocenters. The summed E-state index contributed by atoms with van der Waals surface area (Å²) in [5.41, 5.74) is 7.44. The molecule has 2 heterocycles. The van der Waals surface area contributed by atoms with E-state index in [1.165, 1.54) is 6.07 Å². The van der Waals surface area contributed by atoms with Crippen LogP contribution in [0.5, 0.6) is 0 Å². The summed E-state index contributed by atoms with van der Waals surface area (Å²) < 4.78 is 19.6. The van der Waals surface area contributed by atoms with Crippen LogP contribution in [0.1, 0.15) is 5.56 Å². The van der Waals surface area contributed by atoms with Gasteiger partial charge in [-0.15, -0.1) is 0 Å². The number of morpholine rings is 1. The third kappa shape index (κ3) is 2.59. The highest BCUT2D eigenvalue weighted by Crippen LogP contribution is 2.33. The molecular weight excluding hydrogens is 273 g/mol. The second-order valence-corrected chi connectivity index (χ2v) is 4.91. The lowest BCUT2D eigenvalue weighted by atomic mass is 10.0. The number of hydrogen-bond acceptors (Lipinski definition) is 4. The number of rotatable bonds is 3. The number of anilines is 1. The van der Waals surface area contributed by atoms with Crippen molar-refractivity contribution in [2.75, 3.05) is 37.7 Å². The van der Waals surface area contributed by atoms with E-state index >= 15 is 0 Å². The third-order valence-corrected chi connectivity index (χ3v) is 3.60. The van der Waals surface area contributed by atoms with Crippen molar-refractivity contribution < 1.29 is 13.9 Å². The van der Waals surface area contributed by atoms with Crippen molar-refractivity contribution in [3.05, 3.63) is 35.7 Å². The van der Waals surface area contributed by atoms with Crippen LogP contribution in [0.15, 0.2) is 29.3 Å². The van der Waals surface area contributed by atoms with Gasteiger partial charge in [0.2, 0.25) is 0 Å². The number of halogens is 1. The van der Waals surface area contributed by atoms with E-state index in [1.54, 1.807) is 18.2 Å². The maximum absolute atomic E-state index is 14.3. The minimum atomic E-state index is -0.365. The summed E-state index contributed by atoms with van der Waals surface area (Å²) in [6.07, 6.45) is 1.64. The van der Waals surface area contributed by atoms with E-state index in [0.29, 0.717) is 48.8 Å². The molecule has 0 aliphatic carbocycles. The van der Waals surface area contributed by atoms with E-state index in [1.807, 2.05) is 4.90 Å². The Kier molecular flexibility index (Phi) is 3.81. The van der Waals surface area contributed by atoms with Crippen LogP contribution in [0.2, 0.25) is 0 Å². The van der Waals surface area contributed by atoms with Crippen molar-refractivity contribution in [2.45, 2.75) is 0 Å². The van der Waals surface area contributed by atoms with Crippen molar-refractivity contribution in [2.24, 2.45) is 10.7 Å². The number of aliphatic imine (C=N–C) groups is 1. The Morgan fingerprint density at radius 2 is 2.10 bits per heavy atom. The van der Waals surface area contributed by atoms with E-state index in [2.05, 4.69) is 4.99 Å². The van der Waals surface area contributed by atoms with Gasteiger partial charge in [-0.05, 0) is 12.1 Å². The number of amides is 1. The van der Waals surface area contributed by atoms with Gasteiger partial charge in [0.05, 0.1) is 30.2 Å². The molecule has 6 heteroatoms. The van der Waals surface area contributed by atoms with Gasteiger partial charge in [0.15, 0.2) is 0 Å². The molecule has 1 aromatic rings. The lowest BCUT2D eigenvalue weighted by molar-refractivity contribution is -0.112. The number of hydrogen-bond donors (Lipinski definition) is 1. The minimum Gasteiger partial charge on any atom is -0.378 e. The number of carbonyl (C=O) groups is 1. The highest BCUT2D eigenvalue weighted by atomic mass is 19.1. The molecule has 2 N–H and O–H groups in total. The van der Waals surface area contributed by atoms with Gasteiger partial charge in [0, 0.05) is 25.2 Å². The van der Waals surface area contributed by atoms with Crippen LogP contribution in [0.4, 0.5) is 10.1 Å². The van der Waals surface area contributed by atoms with Gasteiger partial charge >= 0.3 is 0 Å². The summed E-state index contributed by atoms with van der Waals surface area (Å²) in [7, 11) is 0. The molecule has 1 saturated heterocycles. The standard InChI is InChI=1S/C15H16FN3O2/c16-13-3-1-2-11(12-8-10(9-17)18-15(12)20)14(13)19-4-6-21-7-5-19/h1-3,8H,4-7,9,17H2. The first-order chi connectivity index (χ1) is 10.2. The quantitative estimate of drug-likeness (QED) is 0.901. The predicted octanol–water partition coefficient (Wildman–Crippen LogP) is 0.986. The first-order valence-corrected chi connectivity index (χ1v) is 6.86. The molecule has 0 aromatic heterocycles. The zero-order valence-corrected chi connectivity index (χ0v) is 11.5. The second kappa shape index (κ2) is 5.75. The van der Waals surface area contributed by atoms with Crippen LogP contribution in [-0.2, 0) is 9.53 Å². The van der Waals surface area contributed by atoms with Gasteiger partial charge in [0.1, 0.15) is 5.82 Å². The first kappa shape index (κ1) is 13.9. The molecule has 1 fully saturated rings. The predicted molar refractivity (Wildman–Crippen MR) is 78.9 cm³/mol. The molecule has 0 bridgehead atoms. The lowest BCUT2D eigenvalue weighted by Gasteiger charge is -2.30. The highest BCUT2D eigenvalue weighted by Gasteiger charge is 2.26. The summed E-state index contributed by atoms with van der Waals surface area (Å²) in [6.45, 7) is 2.48. The van der Waals surface area contributed by atoms with Crippen LogP contribution in [0.25, 0.3) is 5.57 Å². The van der Waals surface area contributed by atoms with Crippen molar-refractivity contribution in [1.82, 2.24) is 0 Å². The monoisotopic (exact) mass is 289 g/mol. The molecule has 0 radical (unpaired) electrons. The molecule has 0 spiro atoms. The van der Waals surface area contributed by atoms with E-state index in [9.17, 15) is 9.18 Å². The molecule has 2 aliphatic rings. The molecule has 2 aliphatic heterocycles. The maximum atomic E-state index is 14.3. The molecule has 5 nitrogen and oxygen atoms in total. The topological polar surface area (TPSA) is 67.9 Å². The Labute approximate surface area is 121 Å². The molecule has 3 rings (SSSR count). The SMILES string of the molecule is NCC1=NC(=O)C(c2cccc(F)c2N2CCOCC2)=C1. The largest absolute Gasteiger partial charge is 0.378 e. The number of benzene rings is 1. The van der Waals surface area contributed by atoms with Gasteiger partial charge in [-0.2, -0.15) is 0 Å². The minimum absolute atomic E-state index is 0.192. The van der Waals surface area contributed by atoms with Crippen LogP contribution in [-0.4, -0.2) is 44.5 Å². The Hall–Kier alpha value is -2.05. The molecule has 1 aromatic carbocycles. The highest BCUT2D eigenvalue weighted by molar-refractivity contribution is 6.33. The summed E-state index contributed by atoms with van der Waals surface area (Å²) in [5, 5.41) is 0. The average Bonchev–Trinajstić information content (AvgIpc) is 2.89. The number of para-hydroxylation sites is 1. The zero-order chi connectivity index (χ0) is 14.8. The van der Waals surface area contributed by atoms with Gasteiger partial charge in [-0.1, -0.05) is 12.1 Å². The lowest BCUT2D eigenvalue weighted by Crippen LogP contribution is -2.37. The maximum Gasteiger partial charge on any atom is 0.278 e. The van der Waals surface area contributed by atoms with Crippen molar-refractivity contribution >= 4 is 22.9 Å². The summed E-state index contributed by atoms with van der Waals surface area (Å²) in [4.78, 5) is 17.8. The third-order valence-electron chi connectivity index (χ3n) is 3.60. The fourth-order valence-corrected chi connectivity index (χ4v) is 2.59. The molecule has 0 unspecified atom stereocenters. The van der Waals surface area contributed by atoms with Crippen molar-refractivity contribution in [1.29, 1.82) is 0 Å². The second-order valence-electron chi connectivity index (χ2n) is 4.91. The van der Waals surface area contributed by atoms with Gasteiger partial charge < -0.3 is 15.4 Å². The van der Waals surface area contributed by atoms with Crippen LogP contribution < -0.4 is 10.6 Å². The Morgan fingerprint density at radius 3 is 2.76 bits per heavy atom.